The lowest BCUT2D eigenvalue weighted by Gasteiger charge is -2.02. The van der Waals surface area contributed by atoms with Gasteiger partial charge in [-0.1, -0.05) is 6.08 Å². The van der Waals surface area contributed by atoms with Crippen molar-refractivity contribution in [3.63, 3.8) is 0 Å². The van der Waals surface area contributed by atoms with Crippen molar-refractivity contribution >= 4 is 0 Å². The lowest BCUT2D eigenvalue weighted by atomic mass is 10.1. The van der Waals surface area contributed by atoms with E-state index in [0.717, 1.165) is 24.9 Å². The summed E-state index contributed by atoms with van der Waals surface area (Å²) in [4.78, 5) is 0. The van der Waals surface area contributed by atoms with Gasteiger partial charge in [0.1, 0.15) is 0 Å². The maximum absolute atomic E-state index is 6.00. The van der Waals surface area contributed by atoms with Crippen LogP contribution in [-0.4, -0.2) is 9.78 Å². The first-order valence-electron chi connectivity index (χ1n) is 4.17. The highest BCUT2D eigenvalue weighted by Crippen LogP contribution is 2.42. The fourth-order valence-corrected chi connectivity index (χ4v) is 1.28. The van der Waals surface area contributed by atoms with E-state index in [0.29, 0.717) is 0 Å². The number of rotatable bonds is 3. The Kier molecular flexibility index (Phi) is 1.54. The van der Waals surface area contributed by atoms with Crippen LogP contribution in [0.3, 0.4) is 0 Å². The van der Waals surface area contributed by atoms with Crippen molar-refractivity contribution in [3.05, 3.63) is 30.6 Å². The monoisotopic (exact) mass is 163 g/mol. The van der Waals surface area contributed by atoms with Gasteiger partial charge in [-0.05, 0) is 12.8 Å². The molecule has 64 valence electrons. The summed E-state index contributed by atoms with van der Waals surface area (Å²) in [5.74, 6) is 0. The van der Waals surface area contributed by atoms with E-state index in [1.54, 1.807) is 0 Å². The third-order valence-corrected chi connectivity index (χ3v) is 2.31. The van der Waals surface area contributed by atoms with Crippen LogP contribution in [0.15, 0.2) is 25.0 Å². The summed E-state index contributed by atoms with van der Waals surface area (Å²) in [6.45, 7) is 4.41. The molecular formula is C9H13N3. The molecule has 1 aliphatic carbocycles. The molecular weight excluding hydrogens is 150 g/mol. The van der Waals surface area contributed by atoms with Gasteiger partial charge in [-0.3, -0.25) is 4.68 Å². The number of nitrogens with two attached hydrogens (primary N) is 1. The highest BCUT2D eigenvalue weighted by atomic mass is 15.3. The fraction of sp³-hybridized carbons (Fsp3) is 0.444. The van der Waals surface area contributed by atoms with Crippen LogP contribution in [0.4, 0.5) is 0 Å². The van der Waals surface area contributed by atoms with E-state index < -0.39 is 0 Å². The Morgan fingerprint density at radius 3 is 3.08 bits per heavy atom. The van der Waals surface area contributed by atoms with Gasteiger partial charge in [0.05, 0.1) is 12.7 Å². The number of aromatic nitrogens is 2. The highest BCUT2D eigenvalue weighted by molar-refractivity contribution is 5.24. The van der Waals surface area contributed by atoms with Crippen LogP contribution in [0.5, 0.6) is 0 Å². The number of allylic oxidation sites excluding steroid dienone is 1. The van der Waals surface area contributed by atoms with Gasteiger partial charge >= 0.3 is 0 Å². The average Bonchev–Trinajstić information content (AvgIpc) is 2.64. The lowest BCUT2D eigenvalue weighted by Crippen LogP contribution is -2.17. The molecule has 0 radical (unpaired) electrons. The van der Waals surface area contributed by atoms with E-state index in [2.05, 4.69) is 11.7 Å². The molecule has 2 N–H and O–H groups in total. The van der Waals surface area contributed by atoms with E-state index in [1.165, 1.54) is 0 Å². The zero-order valence-electron chi connectivity index (χ0n) is 7.03. The Bertz CT molecular complexity index is 296. The van der Waals surface area contributed by atoms with Gasteiger partial charge in [-0.2, -0.15) is 5.10 Å². The Hall–Kier alpha value is -1.09. The van der Waals surface area contributed by atoms with Crippen LogP contribution < -0.4 is 5.73 Å². The second-order valence-corrected chi connectivity index (χ2v) is 3.40. The quantitative estimate of drug-likeness (QED) is 0.676. The van der Waals surface area contributed by atoms with Gasteiger partial charge in [-0.25, -0.2) is 0 Å². The van der Waals surface area contributed by atoms with Crippen LogP contribution in [0, 0.1) is 0 Å². The predicted octanol–water partition coefficient (Wildman–Crippen LogP) is 1.02. The third kappa shape index (κ3) is 1.16. The second-order valence-electron chi connectivity index (χ2n) is 3.40. The smallest absolute Gasteiger partial charge is 0.0587 e. The molecule has 0 unspecified atom stereocenters. The van der Waals surface area contributed by atoms with E-state index >= 15 is 0 Å². The molecule has 1 aromatic rings. The first kappa shape index (κ1) is 7.55. The second kappa shape index (κ2) is 2.45. The highest BCUT2D eigenvalue weighted by Gasteiger charge is 2.40. The summed E-state index contributed by atoms with van der Waals surface area (Å²) in [7, 11) is 0. The molecule has 3 heteroatoms. The average molecular weight is 163 g/mol. The van der Waals surface area contributed by atoms with Gasteiger partial charge < -0.3 is 5.73 Å². The minimum Gasteiger partial charge on any atom is -0.321 e. The summed E-state index contributed by atoms with van der Waals surface area (Å²) < 4.78 is 1.86. The molecule has 0 saturated heterocycles. The van der Waals surface area contributed by atoms with Crippen molar-refractivity contribution in [2.24, 2.45) is 5.73 Å². The Morgan fingerprint density at radius 2 is 2.50 bits per heavy atom. The number of nitrogens with zero attached hydrogens (tertiary/aromatic N) is 2. The molecule has 0 spiro atoms. The van der Waals surface area contributed by atoms with Crippen LogP contribution >= 0.6 is 0 Å². The molecule has 1 heterocycles. The van der Waals surface area contributed by atoms with E-state index in [1.807, 2.05) is 23.2 Å². The molecule has 0 amide bonds. The van der Waals surface area contributed by atoms with Gasteiger partial charge in [-0.15, -0.1) is 6.58 Å². The van der Waals surface area contributed by atoms with Crippen LogP contribution in [0.2, 0.25) is 0 Å². The topological polar surface area (TPSA) is 43.8 Å². The zero-order valence-corrected chi connectivity index (χ0v) is 7.03. The third-order valence-electron chi connectivity index (χ3n) is 2.31. The van der Waals surface area contributed by atoms with Gasteiger partial charge in [0.25, 0.3) is 0 Å². The molecule has 0 atom stereocenters. The Balaban J connectivity index is 2.18. The van der Waals surface area contributed by atoms with E-state index in [-0.39, 0.29) is 5.54 Å². The fourth-order valence-electron chi connectivity index (χ4n) is 1.28. The molecule has 1 aliphatic rings. The first-order chi connectivity index (χ1) is 5.74. The van der Waals surface area contributed by atoms with Gasteiger partial charge in [0.15, 0.2) is 0 Å². The van der Waals surface area contributed by atoms with Crippen LogP contribution in [0.1, 0.15) is 18.4 Å². The maximum Gasteiger partial charge on any atom is 0.0587 e. The Labute approximate surface area is 71.9 Å². The normalized spacial score (nSPS) is 19.1. The van der Waals surface area contributed by atoms with Gasteiger partial charge in [0.2, 0.25) is 0 Å². The summed E-state index contributed by atoms with van der Waals surface area (Å²) in [6.07, 6.45) is 7.87. The van der Waals surface area contributed by atoms with Crippen LogP contribution in [-0.2, 0) is 12.1 Å². The maximum atomic E-state index is 6.00. The molecule has 12 heavy (non-hydrogen) atoms. The van der Waals surface area contributed by atoms with Crippen molar-refractivity contribution in [2.75, 3.05) is 0 Å². The minimum absolute atomic E-state index is 0.0561. The minimum atomic E-state index is -0.0561. The molecule has 1 saturated carbocycles. The van der Waals surface area contributed by atoms with Crippen molar-refractivity contribution in [1.29, 1.82) is 0 Å². The molecule has 0 bridgehead atoms. The van der Waals surface area contributed by atoms with Crippen LogP contribution in [0.25, 0.3) is 0 Å². The molecule has 0 aromatic carbocycles. The predicted molar refractivity (Wildman–Crippen MR) is 47.5 cm³/mol. The van der Waals surface area contributed by atoms with E-state index in [4.69, 9.17) is 5.73 Å². The molecule has 1 fully saturated rings. The molecule has 3 nitrogen and oxygen atoms in total. The Morgan fingerprint density at radius 1 is 1.75 bits per heavy atom. The molecule has 0 aliphatic heterocycles. The number of hydrogen-bond donors (Lipinski definition) is 1. The van der Waals surface area contributed by atoms with Crippen molar-refractivity contribution in [3.8, 4) is 0 Å². The van der Waals surface area contributed by atoms with Gasteiger partial charge in [0, 0.05) is 17.3 Å². The largest absolute Gasteiger partial charge is 0.321 e. The summed E-state index contributed by atoms with van der Waals surface area (Å²) in [5.41, 5.74) is 7.10. The summed E-state index contributed by atoms with van der Waals surface area (Å²) in [6, 6.07) is 0. The SMILES string of the molecule is C=CCn1cc(C2(N)CC2)cn1. The van der Waals surface area contributed by atoms with Crippen molar-refractivity contribution in [1.82, 2.24) is 9.78 Å². The summed E-state index contributed by atoms with van der Waals surface area (Å²) >= 11 is 0. The van der Waals surface area contributed by atoms with Crippen molar-refractivity contribution < 1.29 is 0 Å². The lowest BCUT2D eigenvalue weighted by molar-refractivity contribution is 0.695. The molecule has 1 aromatic heterocycles. The van der Waals surface area contributed by atoms with Crippen molar-refractivity contribution in [2.45, 2.75) is 24.9 Å². The standard InChI is InChI=1S/C9H13N3/c1-2-5-12-7-8(6-11-12)9(10)3-4-9/h2,6-7H,1,3-5,10H2. The number of hydrogen-bond acceptors (Lipinski definition) is 2. The summed E-state index contributed by atoms with van der Waals surface area (Å²) in [5, 5.41) is 4.18. The first-order valence-corrected chi connectivity index (χ1v) is 4.17. The van der Waals surface area contributed by atoms with E-state index in [9.17, 15) is 0 Å². The zero-order chi connectivity index (χ0) is 8.60. The molecule has 2 rings (SSSR count).